The van der Waals surface area contributed by atoms with E-state index in [9.17, 15) is 14.4 Å². The maximum absolute atomic E-state index is 12.7. The van der Waals surface area contributed by atoms with E-state index >= 15 is 0 Å². The summed E-state index contributed by atoms with van der Waals surface area (Å²) in [4.78, 5) is 37.8. The molecule has 0 saturated carbocycles. The van der Waals surface area contributed by atoms with E-state index in [4.69, 9.17) is 14.2 Å². The van der Waals surface area contributed by atoms with Gasteiger partial charge in [0.25, 0.3) is 0 Å². The lowest BCUT2D eigenvalue weighted by Crippen LogP contribution is -2.30. The van der Waals surface area contributed by atoms with Crippen molar-refractivity contribution in [3.8, 4) is 0 Å². The molecule has 0 bridgehead atoms. The first kappa shape index (κ1) is 54.3. The fraction of sp³-hybridized carbons (Fsp3) is 0.635. The largest absolute Gasteiger partial charge is 0.462 e. The third kappa shape index (κ3) is 43.5. The molecule has 0 fully saturated rings. The van der Waals surface area contributed by atoms with Gasteiger partial charge in [0.2, 0.25) is 0 Å². The lowest BCUT2D eigenvalue weighted by atomic mass is 10.1. The zero-order valence-corrected chi connectivity index (χ0v) is 37.3. The van der Waals surface area contributed by atoms with Crippen molar-refractivity contribution in [2.75, 3.05) is 13.2 Å². The fourth-order valence-electron chi connectivity index (χ4n) is 5.94. The highest BCUT2D eigenvalue weighted by atomic mass is 16.6. The zero-order valence-electron chi connectivity index (χ0n) is 37.3. The van der Waals surface area contributed by atoms with Gasteiger partial charge < -0.3 is 14.2 Å². The molecular formula is C52H84O6. The van der Waals surface area contributed by atoms with Gasteiger partial charge >= 0.3 is 17.9 Å². The third-order valence-electron chi connectivity index (χ3n) is 9.40. The maximum atomic E-state index is 12.7. The number of allylic oxidation sites excluding steroid dienone is 16. The van der Waals surface area contributed by atoms with Gasteiger partial charge in [0.1, 0.15) is 13.2 Å². The summed E-state index contributed by atoms with van der Waals surface area (Å²) >= 11 is 0. The molecule has 0 amide bonds. The zero-order chi connectivity index (χ0) is 42.3. The normalized spacial score (nSPS) is 12.9. The topological polar surface area (TPSA) is 78.9 Å². The number of hydrogen-bond acceptors (Lipinski definition) is 6. The molecule has 0 N–H and O–H groups in total. The molecule has 328 valence electrons. The molecule has 0 rings (SSSR count). The Hall–Kier alpha value is -3.67. The van der Waals surface area contributed by atoms with Crippen molar-refractivity contribution in [1.29, 1.82) is 0 Å². The van der Waals surface area contributed by atoms with Crippen molar-refractivity contribution < 1.29 is 28.6 Å². The molecule has 0 aliphatic rings. The minimum atomic E-state index is -0.814. The predicted octanol–water partition coefficient (Wildman–Crippen LogP) is 15.0. The number of carbonyl (C=O) groups excluding carboxylic acids is 3. The summed E-state index contributed by atoms with van der Waals surface area (Å²) in [5.74, 6) is -1.02. The predicted molar refractivity (Wildman–Crippen MR) is 247 cm³/mol. The Morgan fingerprint density at radius 1 is 0.379 bits per heavy atom. The molecule has 0 aromatic heterocycles. The summed E-state index contributed by atoms with van der Waals surface area (Å²) in [5, 5.41) is 0. The molecule has 1 atom stereocenters. The second kappa shape index (κ2) is 46.0. The van der Waals surface area contributed by atoms with Crippen LogP contribution in [0.15, 0.2) is 97.2 Å². The molecule has 0 heterocycles. The molecule has 0 aromatic carbocycles. The minimum Gasteiger partial charge on any atom is -0.462 e. The monoisotopic (exact) mass is 805 g/mol. The van der Waals surface area contributed by atoms with E-state index in [1.165, 1.54) is 44.9 Å². The molecule has 0 aliphatic carbocycles. The van der Waals surface area contributed by atoms with Gasteiger partial charge in [-0.3, -0.25) is 14.4 Å². The Balaban J connectivity index is 4.52. The van der Waals surface area contributed by atoms with Crippen LogP contribution in [0.2, 0.25) is 0 Å². The second-order valence-electron chi connectivity index (χ2n) is 15.0. The molecule has 6 heteroatoms. The van der Waals surface area contributed by atoms with Crippen LogP contribution in [0.5, 0.6) is 0 Å². The molecule has 58 heavy (non-hydrogen) atoms. The summed E-state index contributed by atoms with van der Waals surface area (Å²) in [6, 6.07) is 0. The van der Waals surface area contributed by atoms with Gasteiger partial charge in [0, 0.05) is 19.3 Å². The lowest BCUT2D eigenvalue weighted by Gasteiger charge is -2.18. The van der Waals surface area contributed by atoms with Crippen molar-refractivity contribution in [1.82, 2.24) is 0 Å². The van der Waals surface area contributed by atoms with Gasteiger partial charge in [-0.25, -0.2) is 0 Å². The van der Waals surface area contributed by atoms with Crippen LogP contribution < -0.4 is 0 Å². The maximum Gasteiger partial charge on any atom is 0.306 e. The van der Waals surface area contributed by atoms with E-state index in [1.807, 2.05) is 24.3 Å². The smallest absolute Gasteiger partial charge is 0.306 e. The van der Waals surface area contributed by atoms with Crippen LogP contribution in [-0.2, 0) is 28.6 Å². The molecule has 0 radical (unpaired) electrons. The fourth-order valence-corrected chi connectivity index (χ4v) is 5.94. The number of esters is 3. The molecular weight excluding hydrogens is 721 g/mol. The SMILES string of the molecule is CC\C=C/C=C\C=C/C=C\CCCCCCCC(=O)OCC(COC(=O)CCC/C=C\C/C=C\C/C=C\CC)OC(=O)CCCCC/C=C\CCCCCCCCC. The van der Waals surface area contributed by atoms with Crippen molar-refractivity contribution >= 4 is 17.9 Å². The highest BCUT2D eigenvalue weighted by Crippen LogP contribution is 2.12. The molecule has 0 spiro atoms. The van der Waals surface area contributed by atoms with Crippen molar-refractivity contribution in [3.63, 3.8) is 0 Å². The third-order valence-corrected chi connectivity index (χ3v) is 9.40. The van der Waals surface area contributed by atoms with Gasteiger partial charge in [-0.2, -0.15) is 0 Å². The average Bonchev–Trinajstić information content (AvgIpc) is 3.22. The van der Waals surface area contributed by atoms with Crippen LogP contribution in [0.4, 0.5) is 0 Å². The Morgan fingerprint density at radius 2 is 0.776 bits per heavy atom. The van der Waals surface area contributed by atoms with E-state index in [0.29, 0.717) is 12.8 Å². The molecule has 0 aromatic rings. The Bertz CT molecular complexity index is 1200. The minimum absolute atomic E-state index is 0.113. The first-order valence-corrected chi connectivity index (χ1v) is 23.3. The standard InChI is InChI=1S/C52H84O6/c1-4-7-10-13-16-19-22-24-26-28-30-33-36-39-42-45-51(54)57-48-49(47-56-50(53)44-41-38-35-32-29-21-18-15-12-9-6-3)58-52(55)46-43-40-37-34-31-27-25-23-20-17-14-11-8-5-2/h7,9-10,12-13,16,18-19,21-22,24,26-27,31-32,35,49H,4-6,8,11,14-15,17,20,23,25,28-30,33-34,36-48H2,1-3H3/b10-7-,12-9-,16-13-,21-18-,22-19-,26-24-,31-27-,35-32-. The average molecular weight is 805 g/mol. The van der Waals surface area contributed by atoms with Crippen molar-refractivity contribution in [2.24, 2.45) is 0 Å². The van der Waals surface area contributed by atoms with Crippen LogP contribution in [0.1, 0.15) is 194 Å². The van der Waals surface area contributed by atoms with Gasteiger partial charge in [-0.1, -0.05) is 182 Å². The first-order valence-electron chi connectivity index (χ1n) is 23.3. The van der Waals surface area contributed by atoms with Crippen molar-refractivity contribution in [3.05, 3.63) is 97.2 Å². The van der Waals surface area contributed by atoms with Gasteiger partial charge in [0.15, 0.2) is 6.10 Å². The quantitative estimate of drug-likeness (QED) is 0.0202. The van der Waals surface area contributed by atoms with E-state index < -0.39 is 6.10 Å². The summed E-state index contributed by atoms with van der Waals surface area (Å²) < 4.78 is 16.6. The summed E-state index contributed by atoms with van der Waals surface area (Å²) in [6.45, 7) is 6.27. The number of carbonyl (C=O) groups is 3. The Kier molecular flexibility index (Phi) is 43.1. The van der Waals surface area contributed by atoms with Crippen molar-refractivity contribution in [2.45, 2.75) is 200 Å². The Labute approximate surface area is 356 Å². The number of unbranched alkanes of at least 4 members (excludes halogenated alkanes) is 16. The highest BCUT2D eigenvalue weighted by Gasteiger charge is 2.19. The van der Waals surface area contributed by atoms with E-state index in [1.54, 1.807) is 0 Å². The molecule has 0 saturated heterocycles. The summed E-state index contributed by atoms with van der Waals surface area (Å²) in [6.07, 6.45) is 59.7. The van der Waals surface area contributed by atoms with Crippen LogP contribution in [0, 0.1) is 0 Å². The van der Waals surface area contributed by atoms with Gasteiger partial charge in [0.05, 0.1) is 0 Å². The molecule has 1 unspecified atom stereocenters. The Morgan fingerprint density at radius 3 is 1.36 bits per heavy atom. The van der Waals surface area contributed by atoms with E-state index in [0.717, 1.165) is 103 Å². The summed E-state index contributed by atoms with van der Waals surface area (Å²) in [5.41, 5.74) is 0. The van der Waals surface area contributed by atoms with E-state index in [-0.39, 0.29) is 44.0 Å². The van der Waals surface area contributed by atoms with Gasteiger partial charge in [-0.15, -0.1) is 0 Å². The van der Waals surface area contributed by atoms with Crippen LogP contribution in [0.25, 0.3) is 0 Å². The molecule has 0 aliphatic heterocycles. The van der Waals surface area contributed by atoms with Gasteiger partial charge in [-0.05, 0) is 89.9 Å². The molecule has 6 nitrogen and oxygen atoms in total. The number of ether oxygens (including phenoxy) is 3. The lowest BCUT2D eigenvalue weighted by molar-refractivity contribution is -0.167. The van der Waals surface area contributed by atoms with Crippen LogP contribution in [0.3, 0.4) is 0 Å². The van der Waals surface area contributed by atoms with Crippen LogP contribution >= 0.6 is 0 Å². The summed E-state index contributed by atoms with van der Waals surface area (Å²) in [7, 11) is 0. The number of rotatable bonds is 40. The highest BCUT2D eigenvalue weighted by molar-refractivity contribution is 5.71. The second-order valence-corrected chi connectivity index (χ2v) is 15.0. The first-order chi connectivity index (χ1) is 28.5. The number of hydrogen-bond donors (Lipinski definition) is 0. The van der Waals surface area contributed by atoms with Crippen LogP contribution in [-0.4, -0.2) is 37.2 Å². The van der Waals surface area contributed by atoms with E-state index in [2.05, 4.69) is 93.7 Å².